The number of amides is 1. The molecule has 4 aromatic rings. The molecule has 0 bridgehead atoms. The lowest BCUT2D eigenvalue weighted by atomic mass is 10.1. The Labute approximate surface area is 188 Å². The van der Waals surface area contributed by atoms with E-state index in [1.54, 1.807) is 48.5 Å². The van der Waals surface area contributed by atoms with Gasteiger partial charge in [0.2, 0.25) is 5.89 Å². The number of aromatic nitrogens is 1. The van der Waals surface area contributed by atoms with Gasteiger partial charge in [-0.3, -0.25) is 4.79 Å². The molecule has 1 aromatic heterocycles. The SMILES string of the molecule is COc1cc(NC(=O)c2ccccc2-c2ncc(-c3ccc(F)cc3)o2)c(OC)cc1Cl. The van der Waals surface area contributed by atoms with Crippen LogP contribution in [-0.2, 0) is 0 Å². The Balaban J connectivity index is 1.66. The molecular formula is C24H18ClFN2O4. The lowest BCUT2D eigenvalue weighted by molar-refractivity contribution is 0.102. The third-order valence-corrected chi connectivity index (χ3v) is 5.05. The van der Waals surface area contributed by atoms with E-state index in [0.717, 1.165) is 0 Å². The minimum Gasteiger partial charge on any atom is -0.495 e. The lowest BCUT2D eigenvalue weighted by Crippen LogP contribution is -2.14. The number of hydrogen-bond acceptors (Lipinski definition) is 5. The quantitative estimate of drug-likeness (QED) is 0.384. The number of nitrogens with zero attached hydrogens (tertiary/aromatic N) is 1. The van der Waals surface area contributed by atoms with E-state index in [1.165, 1.54) is 32.5 Å². The Hall–Kier alpha value is -3.84. The van der Waals surface area contributed by atoms with Crippen LogP contribution in [0.1, 0.15) is 10.4 Å². The highest BCUT2D eigenvalue weighted by molar-refractivity contribution is 6.32. The third kappa shape index (κ3) is 4.29. The predicted octanol–water partition coefficient (Wildman–Crippen LogP) is 6.07. The summed E-state index contributed by atoms with van der Waals surface area (Å²) in [5, 5.41) is 3.18. The Morgan fingerprint density at radius 1 is 1.03 bits per heavy atom. The average molecular weight is 453 g/mol. The van der Waals surface area contributed by atoms with Gasteiger partial charge >= 0.3 is 0 Å². The van der Waals surface area contributed by atoms with Gasteiger partial charge in [-0.2, -0.15) is 0 Å². The van der Waals surface area contributed by atoms with Gasteiger partial charge in [0, 0.05) is 23.3 Å². The summed E-state index contributed by atoms with van der Waals surface area (Å²) in [6.07, 6.45) is 1.53. The molecule has 1 heterocycles. The van der Waals surface area contributed by atoms with Crippen molar-refractivity contribution in [2.24, 2.45) is 0 Å². The smallest absolute Gasteiger partial charge is 0.256 e. The van der Waals surface area contributed by atoms with Crippen LogP contribution in [0.5, 0.6) is 11.5 Å². The van der Waals surface area contributed by atoms with E-state index >= 15 is 0 Å². The van der Waals surface area contributed by atoms with Gasteiger partial charge in [0.05, 0.1) is 36.7 Å². The van der Waals surface area contributed by atoms with Crippen LogP contribution in [0.25, 0.3) is 22.8 Å². The summed E-state index contributed by atoms with van der Waals surface area (Å²) in [6, 6.07) is 15.9. The van der Waals surface area contributed by atoms with E-state index in [4.69, 9.17) is 25.5 Å². The maximum absolute atomic E-state index is 13.2. The first-order valence-corrected chi connectivity index (χ1v) is 9.92. The van der Waals surface area contributed by atoms with Crippen molar-refractivity contribution in [3.05, 3.63) is 83.3 Å². The number of rotatable bonds is 6. The van der Waals surface area contributed by atoms with Gasteiger partial charge < -0.3 is 19.2 Å². The van der Waals surface area contributed by atoms with Crippen molar-refractivity contribution in [3.63, 3.8) is 0 Å². The molecule has 0 saturated heterocycles. The zero-order valence-corrected chi connectivity index (χ0v) is 17.9. The number of halogens is 2. The molecule has 0 aliphatic rings. The van der Waals surface area contributed by atoms with E-state index in [0.29, 0.717) is 44.7 Å². The molecule has 0 spiro atoms. The summed E-state index contributed by atoms with van der Waals surface area (Å²) in [5.74, 6) is 0.758. The van der Waals surface area contributed by atoms with E-state index in [-0.39, 0.29) is 11.7 Å². The van der Waals surface area contributed by atoms with E-state index < -0.39 is 5.91 Å². The summed E-state index contributed by atoms with van der Waals surface area (Å²) < 4.78 is 29.6. The lowest BCUT2D eigenvalue weighted by Gasteiger charge is -2.14. The molecule has 4 rings (SSSR count). The van der Waals surface area contributed by atoms with Crippen LogP contribution in [-0.4, -0.2) is 25.1 Å². The number of methoxy groups -OCH3 is 2. The minimum atomic E-state index is -0.398. The van der Waals surface area contributed by atoms with Crippen molar-refractivity contribution in [1.29, 1.82) is 0 Å². The number of ether oxygens (including phenoxy) is 2. The maximum Gasteiger partial charge on any atom is 0.256 e. The van der Waals surface area contributed by atoms with Crippen molar-refractivity contribution >= 4 is 23.2 Å². The van der Waals surface area contributed by atoms with Crippen molar-refractivity contribution < 1.29 is 23.1 Å². The molecule has 3 aromatic carbocycles. The van der Waals surface area contributed by atoms with Gasteiger partial charge in [-0.25, -0.2) is 9.37 Å². The summed E-state index contributed by atoms with van der Waals surface area (Å²) >= 11 is 6.14. The van der Waals surface area contributed by atoms with Crippen LogP contribution in [0.4, 0.5) is 10.1 Å². The molecule has 1 amide bonds. The Kier molecular flexibility index (Phi) is 6.09. The molecule has 0 atom stereocenters. The average Bonchev–Trinajstić information content (AvgIpc) is 3.30. The third-order valence-electron chi connectivity index (χ3n) is 4.76. The van der Waals surface area contributed by atoms with Crippen LogP contribution < -0.4 is 14.8 Å². The maximum atomic E-state index is 13.2. The zero-order chi connectivity index (χ0) is 22.7. The molecule has 0 unspecified atom stereocenters. The molecule has 32 heavy (non-hydrogen) atoms. The second-order valence-electron chi connectivity index (χ2n) is 6.72. The van der Waals surface area contributed by atoms with Crippen LogP contribution in [0.2, 0.25) is 5.02 Å². The summed E-state index contributed by atoms with van der Waals surface area (Å²) in [4.78, 5) is 17.4. The number of anilines is 1. The minimum absolute atomic E-state index is 0.260. The van der Waals surface area contributed by atoms with Gasteiger partial charge in [-0.15, -0.1) is 0 Å². The highest BCUT2D eigenvalue weighted by atomic mass is 35.5. The van der Waals surface area contributed by atoms with Gasteiger partial charge in [0.25, 0.3) is 5.91 Å². The molecule has 1 N–H and O–H groups in total. The topological polar surface area (TPSA) is 73.6 Å². The number of carbonyl (C=O) groups excluding carboxylic acids is 1. The Morgan fingerprint density at radius 2 is 1.75 bits per heavy atom. The van der Waals surface area contributed by atoms with Crippen molar-refractivity contribution in [2.45, 2.75) is 0 Å². The first-order valence-electron chi connectivity index (χ1n) is 9.54. The van der Waals surface area contributed by atoms with Gasteiger partial charge in [0.1, 0.15) is 17.3 Å². The second-order valence-corrected chi connectivity index (χ2v) is 7.13. The summed E-state index contributed by atoms with van der Waals surface area (Å²) in [6.45, 7) is 0. The van der Waals surface area contributed by atoms with Crippen LogP contribution in [0.3, 0.4) is 0 Å². The fraction of sp³-hybridized carbons (Fsp3) is 0.0833. The molecule has 8 heteroatoms. The highest BCUT2D eigenvalue weighted by Crippen LogP contribution is 2.36. The molecule has 0 radical (unpaired) electrons. The fourth-order valence-electron chi connectivity index (χ4n) is 3.16. The highest BCUT2D eigenvalue weighted by Gasteiger charge is 2.19. The van der Waals surface area contributed by atoms with Gasteiger partial charge in [-0.1, -0.05) is 23.7 Å². The molecule has 162 valence electrons. The number of benzene rings is 3. The molecule has 0 aliphatic heterocycles. The molecule has 0 aliphatic carbocycles. The van der Waals surface area contributed by atoms with Crippen LogP contribution in [0, 0.1) is 5.82 Å². The van der Waals surface area contributed by atoms with Crippen molar-refractivity contribution in [1.82, 2.24) is 4.98 Å². The van der Waals surface area contributed by atoms with Gasteiger partial charge in [0.15, 0.2) is 5.76 Å². The summed E-state index contributed by atoms with van der Waals surface area (Å²) in [7, 11) is 2.96. The molecular weight excluding hydrogens is 435 g/mol. The van der Waals surface area contributed by atoms with Gasteiger partial charge in [-0.05, 0) is 36.4 Å². The van der Waals surface area contributed by atoms with Crippen LogP contribution in [0.15, 0.2) is 71.3 Å². The molecule has 6 nitrogen and oxygen atoms in total. The fourth-order valence-corrected chi connectivity index (χ4v) is 3.39. The number of nitrogens with one attached hydrogen (secondary N) is 1. The first-order chi connectivity index (χ1) is 15.5. The number of oxazole rings is 1. The van der Waals surface area contributed by atoms with Crippen molar-refractivity contribution in [2.75, 3.05) is 19.5 Å². The number of carbonyl (C=O) groups is 1. The normalized spacial score (nSPS) is 10.6. The summed E-state index contributed by atoms with van der Waals surface area (Å²) in [5.41, 5.74) is 1.91. The van der Waals surface area contributed by atoms with Crippen LogP contribution >= 0.6 is 11.6 Å². The second kappa shape index (κ2) is 9.11. The zero-order valence-electron chi connectivity index (χ0n) is 17.2. The molecule has 0 saturated carbocycles. The van der Waals surface area contributed by atoms with E-state index in [9.17, 15) is 9.18 Å². The molecule has 0 fully saturated rings. The standard InChI is InChI=1S/C24H18ClFN2O4/c1-30-20-12-19(21(31-2)11-18(20)25)28-23(29)16-5-3-4-6-17(16)24-27-13-22(32-24)14-7-9-15(26)10-8-14/h3-13H,1-2H3,(H,28,29). The monoisotopic (exact) mass is 452 g/mol. The Morgan fingerprint density at radius 3 is 2.47 bits per heavy atom. The Bertz CT molecular complexity index is 1270. The van der Waals surface area contributed by atoms with E-state index in [2.05, 4.69) is 10.3 Å². The van der Waals surface area contributed by atoms with E-state index in [1.807, 2.05) is 0 Å². The predicted molar refractivity (Wildman–Crippen MR) is 120 cm³/mol. The van der Waals surface area contributed by atoms with Crippen molar-refractivity contribution in [3.8, 4) is 34.3 Å². The first kappa shape index (κ1) is 21.4. The number of hydrogen-bond donors (Lipinski definition) is 1. The largest absolute Gasteiger partial charge is 0.495 e.